The Bertz CT molecular complexity index is 949. The van der Waals surface area contributed by atoms with Crippen molar-refractivity contribution in [2.45, 2.75) is 13.3 Å². The number of rotatable bonds is 3. The highest BCUT2D eigenvalue weighted by Gasteiger charge is 2.27. The summed E-state index contributed by atoms with van der Waals surface area (Å²) in [5, 5.41) is 0.152. The van der Waals surface area contributed by atoms with Crippen molar-refractivity contribution in [3.05, 3.63) is 46.7 Å². The highest BCUT2D eigenvalue weighted by atomic mass is 35.5. The molecule has 1 unspecified atom stereocenters. The van der Waals surface area contributed by atoms with E-state index in [9.17, 15) is 9.59 Å². The number of halogens is 1. The van der Waals surface area contributed by atoms with Crippen molar-refractivity contribution in [3.63, 3.8) is 0 Å². The average molecular weight is 384 g/mol. The lowest BCUT2D eigenvalue weighted by Gasteiger charge is -2.06. The number of esters is 1. The zero-order valence-corrected chi connectivity index (χ0v) is 15.8. The van der Waals surface area contributed by atoms with E-state index < -0.39 is 5.97 Å². The molecule has 1 aliphatic heterocycles. The Morgan fingerprint density at radius 1 is 1.37 bits per heavy atom. The maximum Gasteiger partial charge on any atom is 0.357 e. The van der Waals surface area contributed by atoms with Crippen molar-refractivity contribution in [3.8, 4) is 23.2 Å². The molecule has 6 nitrogen and oxygen atoms in total. The molecule has 2 heterocycles. The van der Waals surface area contributed by atoms with Gasteiger partial charge in [0, 0.05) is 30.8 Å². The standard InChI is InChI=1S/C20H18ClN3O3/c1-3-27-20(26)16-12-17(21)23-18(22-16)15-6-4-5-13(11-15)7-8-14-9-10-24(2)19(14)25/h4-6,11-12,14H,3,9-10H2,1-2H3. The van der Waals surface area contributed by atoms with Crippen molar-refractivity contribution < 1.29 is 14.3 Å². The van der Waals surface area contributed by atoms with Crippen molar-refractivity contribution in [2.75, 3.05) is 20.2 Å². The number of likely N-dealkylation sites (tertiary alicyclic amines) is 1. The fourth-order valence-corrected chi connectivity index (χ4v) is 2.90. The van der Waals surface area contributed by atoms with Crippen LogP contribution < -0.4 is 0 Å². The van der Waals surface area contributed by atoms with Crippen molar-refractivity contribution in [1.82, 2.24) is 14.9 Å². The molecule has 2 aromatic rings. The summed E-state index contributed by atoms with van der Waals surface area (Å²) in [6.45, 7) is 2.69. The number of carbonyl (C=O) groups excluding carboxylic acids is 2. The Labute approximate surface area is 162 Å². The molecule has 27 heavy (non-hydrogen) atoms. The third-order valence-electron chi connectivity index (χ3n) is 4.12. The summed E-state index contributed by atoms with van der Waals surface area (Å²) in [7, 11) is 1.78. The molecule has 0 saturated carbocycles. The molecule has 1 atom stereocenters. The smallest absolute Gasteiger partial charge is 0.357 e. The minimum atomic E-state index is -0.553. The molecule has 0 aliphatic carbocycles. The average Bonchev–Trinajstić information content (AvgIpc) is 2.98. The van der Waals surface area contributed by atoms with Gasteiger partial charge in [0.1, 0.15) is 11.1 Å². The highest BCUT2D eigenvalue weighted by Crippen LogP contribution is 2.20. The monoisotopic (exact) mass is 383 g/mol. The minimum Gasteiger partial charge on any atom is -0.461 e. The van der Waals surface area contributed by atoms with E-state index in [2.05, 4.69) is 21.8 Å². The van der Waals surface area contributed by atoms with Crippen LogP contribution in [0.2, 0.25) is 5.15 Å². The molecule has 1 saturated heterocycles. The molecule has 1 aliphatic rings. The molecule has 138 valence electrons. The van der Waals surface area contributed by atoms with Gasteiger partial charge in [-0.15, -0.1) is 0 Å². The van der Waals surface area contributed by atoms with Crippen LogP contribution in [0.5, 0.6) is 0 Å². The van der Waals surface area contributed by atoms with Gasteiger partial charge in [-0.25, -0.2) is 14.8 Å². The fraction of sp³-hybridized carbons (Fsp3) is 0.300. The van der Waals surface area contributed by atoms with Crippen molar-refractivity contribution >= 4 is 23.5 Å². The van der Waals surface area contributed by atoms with Gasteiger partial charge in [0.25, 0.3) is 0 Å². The van der Waals surface area contributed by atoms with Crippen LogP contribution in [-0.4, -0.2) is 46.9 Å². The number of benzene rings is 1. The van der Waals surface area contributed by atoms with E-state index in [1.807, 2.05) is 12.1 Å². The minimum absolute atomic E-state index is 0.0518. The fourth-order valence-electron chi connectivity index (χ4n) is 2.72. The van der Waals surface area contributed by atoms with E-state index in [-0.39, 0.29) is 29.3 Å². The second-order valence-corrected chi connectivity index (χ2v) is 6.46. The molecular weight excluding hydrogens is 366 g/mol. The summed E-state index contributed by atoms with van der Waals surface area (Å²) < 4.78 is 4.97. The summed E-state index contributed by atoms with van der Waals surface area (Å²) in [4.78, 5) is 34.0. The van der Waals surface area contributed by atoms with Crippen LogP contribution in [0.15, 0.2) is 30.3 Å². The van der Waals surface area contributed by atoms with Crippen LogP contribution in [0.3, 0.4) is 0 Å². The van der Waals surface area contributed by atoms with Gasteiger partial charge in [0.2, 0.25) is 5.91 Å². The van der Waals surface area contributed by atoms with Gasteiger partial charge in [-0.3, -0.25) is 4.79 Å². The molecule has 1 amide bonds. The highest BCUT2D eigenvalue weighted by molar-refractivity contribution is 6.29. The summed E-state index contributed by atoms with van der Waals surface area (Å²) in [5.41, 5.74) is 1.50. The normalized spacial score (nSPS) is 16.0. The van der Waals surface area contributed by atoms with E-state index in [4.69, 9.17) is 16.3 Å². The second-order valence-electron chi connectivity index (χ2n) is 6.07. The number of aromatic nitrogens is 2. The number of hydrogen-bond donors (Lipinski definition) is 0. The first kappa shape index (κ1) is 18.9. The van der Waals surface area contributed by atoms with E-state index in [1.165, 1.54) is 6.07 Å². The van der Waals surface area contributed by atoms with Crippen LogP contribution in [0.4, 0.5) is 0 Å². The maximum atomic E-state index is 12.0. The molecule has 0 N–H and O–H groups in total. The van der Waals surface area contributed by atoms with E-state index in [0.29, 0.717) is 11.4 Å². The van der Waals surface area contributed by atoms with Gasteiger partial charge in [-0.05, 0) is 25.5 Å². The molecule has 3 rings (SSSR count). The first-order chi connectivity index (χ1) is 13.0. The van der Waals surface area contributed by atoms with Gasteiger partial charge < -0.3 is 9.64 Å². The predicted molar refractivity (Wildman–Crippen MR) is 101 cm³/mol. The number of ether oxygens (including phenoxy) is 1. The molecule has 7 heteroatoms. The Hall–Kier alpha value is -2.91. The maximum absolute atomic E-state index is 12.0. The Balaban J connectivity index is 1.88. The SMILES string of the molecule is CCOC(=O)c1cc(Cl)nc(-c2cccc(C#CC3CCN(C)C3=O)c2)n1. The van der Waals surface area contributed by atoms with Gasteiger partial charge in [0.05, 0.1) is 6.61 Å². The lowest BCUT2D eigenvalue weighted by atomic mass is 10.1. The summed E-state index contributed by atoms with van der Waals surface area (Å²) in [6, 6.07) is 8.64. The third-order valence-corrected chi connectivity index (χ3v) is 4.31. The quantitative estimate of drug-likeness (QED) is 0.463. The Morgan fingerprint density at radius 2 is 2.19 bits per heavy atom. The molecule has 1 aromatic heterocycles. The van der Waals surface area contributed by atoms with Crippen LogP contribution in [0.25, 0.3) is 11.4 Å². The molecule has 0 radical (unpaired) electrons. The first-order valence-electron chi connectivity index (χ1n) is 8.56. The van der Waals surface area contributed by atoms with E-state index in [0.717, 1.165) is 18.5 Å². The summed E-state index contributed by atoms with van der Waals surface area (Å²) in [5.74, 6) is 5.62. The van der Waals surface area contributed by atoms with Crippen LogP contribution >= 0.6 is 11.6 Å². The predicted octanol–water partition coefficient (Wildman–Crippen LogP) is 2.80. The lowest BCUT2D eigenvalue weighted by Crippen LogP contribution is -2.21. The van der Waals surface area contributed by atoms with E-state index in [1.54, 1.807) is 31.0 Å². The van der Waals surface area contributed by atoms with Crippen LogP contribution in [0, 0.1) is 17.8 Å². The van der Waals surface area contributed by atoms with E-state index >= 15 is 0 Å². The number of hydrogen-bond acceptors (Lipinski definition) is 5. The van der Waals surface area contributed by atoms with Gasteiger partial charge in [0.15, 0.2) is 11.5 Å². The largest absolute Gasteiger partial charge is 0.461 e. The van der Waals surface area contributed by atoms with Crippen molar-refractivity contribution in [2.24, 2.45) is 5.92 Å². The number of nitrogens with zero attached hydrogens (tertiary/aromatic N) is 3. The first-order valence-corrected chi connectivity index (χ1v) is 8.94. The third kappa shape index (κ3) is 4.44. The molecule has 1 fully saturated rings. The van der Waals surface area contributed by atoms with Crippen LogP contribution in [-0.2, 0) is 9.53 Å². The summed E-state index contributed by atoms with van der Waals surface area (Å²) >= 11 is 6.03. The zero-order chi connectivity index (χ0) is 19.4. The molecule has 0 bridgehead atoms. The van der Waals surface area contributed by atoms with Gasteiger partial charge in [-0.1, -0.05) is 35.6 Å². The summed E-state index contributed by atoms with van der Waals surface area (Å²) in [6.07, 6.45) is 0.738. The zero-order valence-electron chi connectivity index (χ0n) is 15.0. The molecule has 0 spiro atoms. The molecular formula is C20H18ClN3O3. The van der Waals surface area contributed by atoms with Crippen molar-refractivity contribution in [1.29, 1.82) is 0 Å². The topological polar surface area (TPSA) is 72.4 Å². The molecule has 1 aromatic carbocycles. The van der Waals surface area contributed by atoms with Gasteiger partial charge in [-0.2, -0.15) is 0 Å². The number of carbonyl (C=O) groups is 2. The Kier molecular flexibility index (Phi) is 5.72. The number of amides is 1. The Morgan fingerprint density at radius 3 is 2.89 bits per heavy atom. The van der Waals surface area contributed by atoms with Crippen LogP contribution in [0.1, 0.15) is 29.4 Å². The second kappa shape index (κ2) is 8.19. The van der Waals surface area contributed by atoms with Gasteiger partial charge >= 0.3 is 5.97 Å². The lowest BCUT2D eigenvalue weighted by molar-refractivity contribution is -0.128.